The zero-order valence-electron chi connectivity index (χ0n) is 9.57. The van der Waals surface area contributed by atoms with Gasteiger partial charge in [0.15, 0.2) is 5.82 Å². The number of rotatable bonds is 2. The Labute approximate surface area is 128 Å². The molecule has 0 saturated heterocycles. The van der Waals surface area contributed by atoms with Gasteiger partial charge >= 0.3 is 0 Å². The maximum Gasteiger partial charge on any atom is 0.180 e. The van der Waals surface area contributed by atoms with Gasteiger partial charge in [-0.15, -0.1) is 11.3 Å². The van der Waals surface area contributed by atoms with Crippen LogP contribution in [-0.2, 0) is 0 Å². The lowest BCUT2D eigenvalue weighted by molar-refractivity contribution is 0.690. The fraction of sp³-hybridized carbons (Fsp3) is 0.417. The Balaban J connectivity index is 2.07. The molecule has 2 aromatic heterocycles. The third-order valence-electron chi connectivity index (χ3n) is 3.24. The number of halogens is 2. The molecule has 1 aliphatic rings. The molecule has 0 aliphatic heterocycles. The van der Waals surface area contributed by atoms with Crippen LogP contribution < -0.4 is 0 Å². The van der Waals surface area contributed by atoms with E-state index in [1.165, 1.54) is 25.7 Å². The Kier molecular flexibility index (Phi) is 3.81. The lowest BCUT2D eigenvalue weighted by Crippen LogP contribution is -2.04. The first-order valence-electron chi connectivity index (χ1n) is 5.87. The van der Waals surface area contributed by atoms with Gasteiger partial charge in [0.2, 0.25) is 0 Å². The molecule has 0 N–H and O–H groups in total. The van der Waals surface area contributed by atoms with E-state index < -0.39 is 0 Å². The van der Waals surface area contributed by atoms with Gasteiger partial charge < -0.3 is 0 Å². The van der Waals surface area contributed by atoms with Crippen LogP contribution in [0, 0.1) is 3.57 Å². The first kappa shape index (κ1) is 12.7. The summed E-state index contributed by atoms with van der Waals surface area (Å²) in [5, 5.41) is 2.51. The van der Waals surface area contributed by atoms with Gasteiger partial charge in [0.1, 0.15) is 10.8 Å². The average molecular weight is 392 g/mol. The van der Waals surface area contributed by atoms with Crippen LogP contribution in [0.2, 0.25) is 5.15 Å². The molecule has 94 valence electrons. The molecule has 0 atom stereocenters. The van der Waals surface area contributed by atoms with Gasteiger partial charge in [0.05, 0.1) is 14.8 Å². The van der Waals surface area contributed by atoms with Crippen molar-refractivity contribution in [3.63, 3.8) is 0 Å². The number of thiazole rings is 1. The minimum absolute atomic E-state index is 0.537. The predicted molar refractivity (Wildman–Crippen MR) is 82.1 cm³/mol. The summed E-state index contributed by atoms with van der Waals surface area (Å²) in [4.78, 5) is 13.3. The third kappa shape index (κ3) is 2.40. The summed E-state index contributed by atoms with van der Waals surface area (Å²) in [5.41, 5.74) is 3.72. The highest BCUT2D eigenvalue weighted by atomic mass is 127. The van der Waals surface area contributed by atoms with Crippen LogP contribution in [0.3, 0.4) is 0 Å². The van der Waals surface area contributed by atoms with E-state index in [1.54, 1.807) is 16.8 Å². The summed E-state index contributed by atoms with van der Waals surface area (Å²) in [5.74, 6) is 1.19. The molecule has 2 aromatic rings. The molecule has 3 rings (SSSR count). The van der Waals surface area contributed by atoms with E-state index in [2.05, 4.69) is 32.6 Å². The van der Waals surface area contributed by atoms with E-state index in [-0.39, 0.29) is 0 Å². The molecular weight excluding hydrogens is 381 g/mol. The Hall–Kier alpha value is -0.270. The fourth-order valence-corrected chi connectivity index (χ4v) is 3.73. The summed E-state index contributed by atoms with van der Waals surface area (Å²) in [6.45, 7) is 0. The molecule has 0 bridgehead atoms. The lowest BCUT2D eigenvalue weighted by Gasteiger charge is -2.12. The largest absolute Gasteiger partial charge is 0.241 e. The zero-order valence-corrected chi connectivity index (χ0v) is 13.3. The zero-order chi connectivity index (χ0) is 12.5. The standard InChI is InChI=1S/C12H11ClIN3S/c13-11-9(14)10(7-3-1-2-4-7)16-12(17-11)8-5-18-6-15-8/h5-7H,1-4H2. The van der Waals surface area contributed by atoms with Crippen LogP contribution in [0.15, 0.2) is 10.9 Å². The maximum absolute atomic E-state index is 6.23. The van der Waals surface area contributed by atoms with Crippen LogP contribution in [0.1, 0.15) is 37.3 Å². The Morgan fingerprint density at radius 3 is 2.72 bits per heavy atom. The Morgan fingerprint density at radius 2 is 2.06 bits per heavy atom. The summed E-state index contributed by atoms with van der Waals surface area (Å²) in [7, 11) is 0. The lowest BCUT2D eigenvalue weighted by atomic mass is 10.0. The highest BCUT2D eigenvalue weighted by molar-refractivity contribution is 14.1. The fourth-order valence-electron chi connectivity index (χ4n) is 2.34. The molecule has 0 unspecified atom stereocenters. The molecule has 1 fully saturated rings. The molecule has 1 aliphatic carbocycles. The maximum atomic E-state index is 6.23. The smallest absolute Gasteiger partial charge is 0.180 e. The van der Waals surface area contributed by atoms with E-state index in [0.717, 1.165) is 15.0 Å². The third-order valence-corrected chi connectivity index (χ3v) is 5.48. The van der Waals surface area contributed by atoms with Crippen molar-refractivity contribution >= 4 is 45.5 Å². The van der Waals surface area contributed by atoms with Crippen molar-refractivity contribution in [1.82, 2.24) is 15.0 Å². The van der Waals surface area contributed by atoms with Gasteiger partial charge in [-0.1, -0.05) is 24.4 Å². The van der Waals surface area contributed by atoms with Gasteiger partial charge in [-0.2, -0.15) is 0 Å². The van der Waals surface area contributed by atoms with Crippen molar-refractivity contribution in [3.05, 3.63) is 25.3 Å². The molecule has 6 heteroatoms. The quantitative estimate of drug-likeness (QED) is 0.558. The minimum Gasteiger partial charge on any atom is -0.241 e. The molecule has 2 heterocycles. The van der Waals surface area contributed by atoms with Crippen LogP contribution >= 0.6 is 45.5 Å². The molecule has 1 saturated carbocycles. The predicted octanol–water partition coefficient (Wildman–Crippen LogP) is 4.52. The summed E-state index contributed by atoms with van der Waals surface area (Å²) in [6.07, 6.45) is 4.99. The number of hydrogen-bond donors (Lipinski definition) is 0. The molecule has 0 radical (unpaired) electrons. The average Bonchev–Trinajstić information content (AvgIpc) is 3.03. The Morgan fingerprint density at radius 1 is 1.28 bits per heavy atom. The Bertz CT molecular complexity index is 553. The van der Waals surface area contributed by atoms with Gasteiger partial charge in [-0.25, -0.2) is 15.0 Å². The van der Waals surface area contributed by atoms with Crippen LogP contribution in [0.4, 0.5) is 0 Å². The SMILES string of the molecule is Clc1nc(-c2cscn2)nc(C2CCCC2)c1I. The molecule has 0 spiro atoms. The second-order valence-electron chi connectivity index (χ2n) is 4.39. The highest BCUT2D eigenvalue weighted by Crippen LogP contribution is 2.37. The molecule has 18 heavy (non-hydrogen) atoms. The molecule has 3 nitrogen and oxygen atoms in total. The van der Waals surface area contributed by atoms with E-state index in [1.807, 2.05) is 5.38 Å². The van der Waals surface area contributed by atoms with E-state index in [4.69, 9.17) is 16.6 Å². The van der Waals surface area contributed by atoms with Crippen molar-refractivity contribution < 1.29 is 0 Å². The van der Waals surface area contributed by atoms with Gasteiger partial charge in [0, 0.05) is 11.3 Å². The second-order valence-corrected chi connectivity index (χ2v) is 6.55. The minimum atomic E-state index is 0.537. The number of aromatic nitrogens is 3. The summed E-state index contributed by atoms with van der Waals surface area (Å²) >= 11 is 10.0. The van der Waals surface area contributed by atoms with Crippen molar-refractivity contribution in [1.29, 1.82) is 0 Å². The molecule has 0 amide bonds. The van der Waals surface area contributed by atoms with E-state index >= 15 is 0 Å². The first-order chi connectivity index (χ1) is 8.75. The van der Waals surface area contributed by atoms with E-state index in [0.29, 0.717) is 16.9 Å². The monoisotopic (exact) mass is 391 g/mol. The van der Waals surface area contributed by atoms with Crippen LogP contribution in [0.5, 0.6) is 0 Å². The number of hydrogen-bond acceptors (Lipinski definition) is 4. The van der Waals surface area contributed by atoms with Crippen molar-refractivity contribution in [2.45, 2.75) is 31.6 Å². The summed E-state index contributed by atoms with van der Waals surface area (Å²) < 4.78 is 1.00. The second kappa shape index (κ2) is 5.38. The summed E-state index contributed by atoms with van der Waals surface area (Å²) in [6, 6.07) is 0. The van der Waals surface area contributed by atoms with Crippen molar-refractivity contribution in [2.24, 2.45) is 0 Å². The number of nitrogens with zero attached hydrogens (tertiary/aromatic N) is 3. The van der Waals surface area contributed by atoms with Gasteiger partial charge in [-0.3, -0.25) is 0 Å². The van der Waals surface area contributed by atoms with Crippen molar-refractivity contribution in [2.75, 3.05) is 0 Å². The first-order valence-corrected chi connectivity index (χ1v) is 8.27. The van der Waals surface area contributed by atoms with Gasteiger partial charge in [0.25, 0.3) is 0 Å². The van der Waals surface area contributed by atoms with Crippen molar-refractivity contribution in [3.8, 4) is 11.5 Å². The van der Waals surface area contributed by atoms with E-state index in [9.17, 15) is 0 Å². The van der Waals surface area contributed by atoms with Gasteiger partial charge in [-0.05, 0) is 35.4 Å². The molecule has 0 aromatic carbocycles. The topological polar surface area (TPSA) is 38.7 Å². The molecular formula is C12H11ClIN3S. The van der Waals surface area contributed by atoms with Crippen LogP contribution in [-0.4, -0.2) is 15.0 Å². The highest BCUT2D eigenvalue weighted by Gasteiger charge is 2.23. The normalized spacial score (nSPS) is 16.3. The van der Waals surface area contributed by atoms with Crippen LogP contribution in [0.25, 0.3) is 11.5 Å².